The van der Waals surface area contributed by atoms with E-state index < -0.39 is 0 Å². The van der Waals surface area contributed by atoms with Gasteiger partial charge in [-0.3, -0.25) is 9.59 Å². The first-order valence-electron chi connectivity index (χ1n) is 8.55. The standard InChI is InChI=1S/C19H23N3O2S/c1-20-13-16-4-2-10-22(16)19(24)15-8-6-14(7-9-15)12-21-18(23)17-5-3-11-25-17/h3,5-9,11,16,20H,2,4,10,12-13H2,1H3,(H,21,23). The van der Waals surface area contributed by atoms with Gasteiger partial charge < -0.3 is 15.5 Å². The molecule has 2 aromatic rings. The molecule has 132 valence electrons. The van der Waals surface area contributed by atoms with Gasteiger partial charge in [-0.15, -0.1) is 11.3 Å². The van der Waals surface area contributed by atoms with E-state index in [4.69, 9.17) is 0 Å². The van der Waals surface area contributed by atoms with E-state index in [0.717, 1.165) is 31.5 Å². The minimum Gasteiger partial charge on any atom is -0.347 e. The molecular formula is C19H23N3O2S. The highest BCUT2D eigenvalue weighted by molar-refractivity contribution is 7.12. The topological polar surface area (TPSA) is 61.4 Å². The normalized spacial score (nSPS) is 16.8. The van der Waals surface area contributed by atoms with Crippen LogP contribution in [-0.4, -0.2) is 42.9 Å². The smallest absolute Gasteiger partial charge is 0.261 e. The first-order valence-corrected chi connectivity index (χ1v) is 9.43. The Bertz CT molecular complexity index is 713. The molecule has 6 heteroatoms. The van der Waals surface area contributed by atoms with E-state index in [0.29, 0.717) is 17.0 Å². The molecule has 0 bridgehead atoms. The quantitative estimate of drug-likeness (QED) is 0.835. The zero-order valence-corrected chi connectivity index (χ0v) is 15.1. The molecule has 3 rings (SSSR count). The Balaban J connectivity index is 1.58. The van der Waals surface area contributed by atoms with E-state index in [1.807, 2.05) is 47.7 Å². The molecule has 1 aliphatic heterocycles. The molecule has 25 heavy (non-hydrogen) atoms. The van der Waals surface area contributed by atoms with Crippen LogP contribution in [0.15, 0.2) is 41.8 Å². The van der Waals surface area contributed by atoms with Crippen LogP contribution in [0.25, 0.3) is 0 Å². The number of carbonyl (C=O) groups excluding carboxylic acids is 2. The van der Waals surface area contributed by atoms with Gasteiger partial charge in [0.05, 0.1) is 4.88 Å². The molecule has 5 nitrogen and oxygen atoms in total. The van der Waals surface area contributed by atoms with Crippen LogP contribution in [0.5, 0.6) is 0 Å². The summed E-state index contributed by atoms with van der Waals surface area (Å²) >= 11 is 1.42. The molecule has 0 spiro atoms. The Hall–Kier alpha value is -2.18. The number of hydrogen-bond acceptors (Lipinski definition) is 4. The Labute approximate surface area is 152 Å². The first kappa shape index (κ1) is 17.6. The van der Waals surface area contributed by atoms with Crippen LogP contribution in [0.4, 0.5) is 0 Å². The lowest BCUT2D eigenvalue weighted by molar-refractivity contribution is 0.0736. The van der Waals surface area contributed by atoms with E-state index in [-0.39, 0.29) is 17.9 Å². The van der Waals surface area contributed by atoms with Crippen molar-refractivity contribution >= 4 is 23.2 Å². The lowest BCUT2D eigenvalue weighted by Gasteiger charge is -2.24. The van der Waals surface area contributed by atoms with Gasteiger partial charge in [-0.2, -0.15) is 0 Å². The number of rotatable bonds is 6. The van der Waals surface area contributed by atoms with E-state index in [9.17, 15) is 9.59 Å². The van der Waals surface area contributed by atoms with Crippen LogP contribution in [-0.2, 0) is 6.54 Å². The maximum atomic E-state index is 12.7. The summed E-state index contributed by atoms with van der Waals surface area (Å²) in [6.07, 6.45) is 2.12. The highest BCUT2D eigenvalue weighted by Crippen LogP contribution is 2.20. The number of hydrogen-bond donors (Lipinski definition) is 2. The van der Waals surface area contributed by atoms with E-state index in [1.54, 1.807) is 6.07 Å². The molecule has 1 aliphatic rings. The minimum absolute atomic E-state index is 0.0675. The summed E-state index contributed by atoms with van der Waals surface area (Å²) in [7, 11) is 1.92. The number of thiophene rings is 1. The Kier molecular flexibility index (Phi) is 5.83. The van der Waals surface area contributed by atoms with E-state index in [2.05, 4.69) is 10.6 Å². The number of likely N-dealkylation sites (tertiary alicyclic amines) is 1. The van der Waals surface area contributed by atoms with Crippen molar-refractivity contribution in [3.05, 3.63) is 57.8 Å². The highest BCUT2D eigenvalue weighted by atomic mass is 32.1. The molecule has 1 aromatic carbocycles. The van der Waals surface area contributed by atoms with Crippen LogP contribution in [0, 0.1) is 0 Å². The molecule has 2 amide bonds. The molecule has 2 heterocycles. The number of benzene rings is 1. The molecule has 1 aromatic heterocycles. The SMILES string of the molecule is CNCC1CCCN1C(=O)c1ccc(CNC(=O)c2cccs2)cc1. The fourth-order valence-corrected chi connectivity index (χ4v) is 3.80. The summed E-state index contributed by atoms with van der Waals surface area (Å²) in [4.78, 5) is 27.3. The van der Waals surface area contributed by atoms with Gasteiger partial charge >= 0.3 is 0 Å². The monoisotopic (exact) mass is 357 g/mol. The third-order valence-corrected chi connectivity index (χ3v) is 5.35. The largest absolute Gasteiger partial charge is 0.347 e. The van der Waals surface area contributed by atoms with Gasteiger partial charge in [-0.05, 0) is 49.0 Å². The Morgan fingerprint density at radius 2 is 2.04 bits per heavy atom. The molecular weight excluding hydrogens is 334 g/mol. The molecule has 1 fully saturated rings. The summed E-state index contributed by atoms with van der Waals surface area (Å²) in [5.41, 5.74) is 1.69. The van der Waals surface area contributed by atoms with Gasteiger partial charge in [0.2, 0.25) is 0 Å². The van der Waals surface area contributed by atoms with Crippen LogP contribution < -0.4 is 10.6 Å². The number of carbonyl (C=O) groups is 2. The summed E-state index contributed by atoms with van der Waals surface area (Å²) in [6, 6.07) is 11.5. The summed E-state index contributed by atoms with van der Waals surface area (Å²) in [5, 5.41) is 7.94. The summed E-state index contributed by atoms with van der Waals surface area (Å²) in [5.74, 6) is 0.0223. The van der Waals surface area contributed by atoms with E-state index >= 15 is 0 Å². The van der Waals surface area contributed by atoms with Gasteiger partial charge in [-0.1, -0.05) is 18.2 Å². The lowest BCUT2D eigenvalue weighted by atomic mass is 10.1. The minimum atomic E-state index is -0.0675. The van der Waals surface area contributed by atoms with E-state index in [1.165, 1.54) is 11.3 Å². The second kappa shape index (κ2) is 8.27. The molecule has 0 saturated carbocycles. The van der Waals surface area contributed by atoms with Gasteiger partial charge in [-0.25, -0.2) is 0 Å². The molecule has 1 saturated heterocycles. The van der Waals surface area contributed by atoms with Gasteiger partial charge in [0.1, 0.15) is 0 Å². The van der Waals surface area contributed by atoms with Gasteiger partial charge in [0.15, 0.2) is 0 Å². The van der Waals surface area contributed by atoms with Crippen LogP contribution >= 0.6 is 11.3 Å². The van der Waals surface area contributed by atoms with Crippen molar-refractivity contribution in [1.82, 2.24) is 15.5 Å². The zero-order chi connectivity index (χ0) is 17.6. The molecule has 2 N–H and O–H groups in total. The van der Waals surface area contributed by atoms with Crippen LogP contribution in [0.2, 0.25) is 0 Å². The average molecular weight is 357 g/mol. The van der Waals surface area contributed by atoms with Crippen molar-refractivity contribution in [3.8, 4) is 0 Å². The lowest BCUT2D eigenvalue weighted by Crippen LogP contribution is -2.40. The van der Waals surface area contributed by atoms with Crippen molar-refractivity contribution in [3.63, 3.8) is 0 Å². The first-order chi connectivity index (χ1) is 12.2. The molecule has 1 atom stereocenters. The predicted molar refractivity (Wildman–Crippen MR) is 99.9 cm³/mol. The zero-order valence-electron chi connectivity index (χ0n) is 14.3. The van der Waals surface area contributed by atoms with Crippen LogP contribution in [0.1, 0.15) is 38.4 Å². The highest BCUT2D eigenvalue weighted by Gasteiger charge is 2.28. The molecule has 0 aliphatic carbocycles. The number of likely N-dealkylation sites (N-methyl/N-ethyl adjacent to an activating group) is 1. The number of amides is 2. The fourth-order valence-electron chi connectivity index (χ4n) is 3.16. The van der Waals surface area contributed by atoms with Gasteiger partial charge in [0.25, 0.3) is 11.8 Å². The Morgan fingerprint density at radius 1 is 1.24 bits per heavy atom. The maximum absolute atomic E-state index is 12.7. The second-order valence-corrected chi connectivity index (χ2v) is 7.16. The van der Waals surface area contributed by atoms with Crippen molar-refractivity contribution in [2.75, 3.05) is 20.1 Å². The summed E-state index contributed by atoms with van der Waals surface area (Å²) in [6.45, 7) is 2.11. The third kappa shape index (κ3) is 4.27. The Morgan fingerprint density at radius 3 is 2.72 bits per heavy atom. The molecule has 1 unspecified atom stereocenters. The van der Waals surface area contributed by atoms with Crippen molar-refractivity contribution in [2.24, 2.45) is 0 Å². The average Bonchev–Trinajstić information content (AvgIpc) is 3.32. The third-order valence-electron chi connectivity index (χ3n) is 4.48. The van der Waals surface area contributed by atoms with Gasteiger partial charge in [0, 0.05) is 31.2 Å². The van der Waals surface area contributed by atoms with Crippen LogP contribution in [0.3, 0.4) is 0 Å². The maximum Gasteiger partial charge on any atom is 0.261 e. The van der Waals surface area contributed by atoms with Crippen molar-refractivity contribution in [1.29, 1.82) is 0 Å². The van der Waals surface area contributed by atoms with Crippen molar-refractivity contribution in [2.45, 2.75) is 25.4 Å². The fraction of sp³-hybridized carbons (Fsp3) is 0.368. The number of nitrogens with zero attached hydrogens (tertiary/aromatic N) is 1. The molecule has 0 radical (unpaired) electrons. The summed E-state index contributed by atoms with van der Waals surface area (Å²) < 4.78 is 0. The second-order valence-electron chi connectivity index (χ2n) is 6.21. The van der Waals surface area contributed by atoms with Crippen molar-refractivity contribution < 1.29 is 9.59 Å². The predicted octanol–water partition coefficient (Wildman–Crippen LogP) is 2.50. The number of nitrogens with one attached hydrogen (secondary N) is 2.